The van der Waals surface area contributed by atoms with Crippen LogP contribution in [0, 0.1) is 0 Å². The van der Waals surface area contributed by atoms with Crippen molar-refractivity contribution in [2.24, 2.45) is 0 Å². The lowest BCUT2D eigenvalue weighted by Crippen LogP contribution is -2.49. The number of aromatic nitrogens is 6. The standard InChI is InChI=1S/C24H29F3N10O2/c1-3-11-38-16-13-17(24(25,26)27)21(30-15-16)36-9-7-35(8-10-36)6-5-34(2)18-14-19-31-20(22-29-4-12-39-22)33-37(19)23(28)32-18/h4,12-15H,3,5-11H2,1-2H3,(H2,28,32). The van der Waals surface area contributed by atoms with E-state index in [1.807, 2.05) is 18.9 Å². The van der Waals surface area contributed by atoms with Gasteiger partial charge >= 0.3 is 6.18 Å². The molecule has 0 saturated carbocycles. The van der Waals surface area contributed by atoms with Crippen molar-refractivity contribution in [3.63, 3.8) is 0 Å². The summed E-state index contributed by atoms with van der Waals surface area (Å²) >= 11 is 0. The second kappa shape index (κ2) is 10.9. The quantitative estimate of drug-likeness (QED) is 0.333. The molecule has 12 nitrogen and oxygen atoms in total. The Kier molecular flexibility index (Phi) is 7.41. The van der Waals surface area contributed by atoms with Crippen LogP contribution >= 0.6 is 0 Å². The lowest BCUT2D eigenvalue weighted by molar-refractivity contribution is -0.137. The van der Waals surface area contributed by atoms with E-state index >= 15 is 0 Å². The first-order valence-electron chi connectivity index (χ1n) is 12.5. The Labute approximate surface area is 222 Å². The van der Waals surface area contributed by atoms with Gasteiger partial charge in [-0.05, 0) is 12.5 Å². The van der Waals surface area contributed by atoms with Crippen LogP contribution in [0.25, 0.3) is 17.4 Å². The van der Waals surface area contributed by atoms with E-state index in [4.69, 9.17) is 14.9 Å². The molecule has 1 saturated heterocycles. The molecule has 1 aliphatic rings. The number of halogens is 3. The summed E-state index contributed by atoms with van der Waals surface area (Å²) in [5, 5.41) is 4.29. The molecule has 208 valence electrons. The number of oxazole rings is 1. The number of nitrogen functional groups attached to an aromatic ring is 1. The summed E-state index contributed by atoms with van der Waals surface area (Å²) in [6, 6.07) is 2.81. The second-order valence-electron chi connectivity index (χ2n) is 9.15. The summed E-state index contributed by atoms with van der Waals surface area (Å²) in [4.78, 5) is 22.9. The Bertz CT molecular complexity index is 1400. The molecule has 0 unspecified atom stereocenters. The summed E-state index contributed by atoms with van der Waals surface area (Å²) in [5.74, 6) is 1.44. The first-order chi connectivity index (χ1) is 18.7. The maximum atomic E-state index is 13.8. The van der Waals surface area contributed by atoms with Crippen molar-refractivity contribution in [2.45, 2.75) is 19.5 Å². The third-order valence-corrected chi connectivity index (χ3v) is 6.39. The molecule has 1 fully saturated rings. The third kappa shape index (κ3) is 5.82. The highest BCUT2D eigenvalue weighted by Gasteiger charge is 2.37. The Morgan fingerprint density at radius 1 is 1.13 bits per heavy atom. The smallest absolute Gasteiger partial charge is 0.420 e. The van der Waals surface area contributed by atoms with Crippen LogP contribution in [-0.4, -0.2) is 87.4 Å². The number of hydrogen-bond donors (Lipinski definition) is 1. The molecule has 4 aromatic heterocycles. The summed E-state index contributed by atoms with van der Waals surface area (Å²) in [6.45, 7) is 5.59. The van der Waals surface area contributed by atoms with Gasteiger partial charge in [0, 0.05) is 52.4 Å². The average molecular weight is 547 g/mol. The maximum Gasteiger partial charge on any atom is 0.420 e. The number of fused-ring (bicyclic) bond motifs is 1. The highest BCUT2D eigenvalue weighted by Crippen LogP contribution is 2.37. The summed E-state index contributed by atoms with van der Waals surface area (Å²) in [7, 11) is 1.89. The summed E-state index contributed by atoms with van der Waals surface area (Å²) in [5.41, 5.74) is 5.84. The Morgan fingerprint density at radius 2 is 1.92 bits per heavy atom. The minimum absolute atomic E-state index is 0.0616. The molecule has 0 spiro atoms. The first kappa shape index (κ1) is 26.5. The van der Waals surface area contributed by atoms with Crippen molar-refractivity contribution in [3.05, 3.63) is 36.4 Å². The van der Waals surface area contributed by atoms with Crippen LogP contribution in [0.5, 0.6) is 5.75 Å². The van der Waals surface area contributed by atoms with Crippen LogP contribution in [0.1, 0.15) is 18.9 Å². The molecular weight excluding hydrogens is 517 g/mol. The average Bonchev–Trinajstić information content (AvgIpc) is 3.61. The van der Waals surface area contributed by atoms with Gasteiger partial charge in [0.1, 0.15) is 29.2 Å². The van der Waals surface area contributed by atoms with Gasteiger partial charge in [-0.3, -0.25) is 4.90 Å². The van der Waals surface area contributed by atoms with E-state index in [1.54, 1.807) is 11.0 Å². The maximum absolute atomic E-state index is 13.8. The minimum Gasteiger partial charge on any atom is -0.492 e. The largest absolute Gasteiger partial charge is 0.492 e. The Balaban J connectivity index is 1.20. The van der Waals surface area contributed by atoms with Crippen LogP contribution in [0.15, 0.2) is 35.2 Å². The fourth-order valence-corrected chi connectivity index (χ4v) is 4.31. The number of hydrogen-bond acceptors (Lipinski definition) is 11. The van der Waals surface area contributed by atoms with Crippen molar-refractivity contribution in [1.29, 1.82) is 0 Å². The molecule has 0 bridgehead atoms. The SMILES string of the molecule is CCCOc1cnc(N2CCN(CCN(C)c3cc4nc(-c5ncco5)nn4c(N)n3)CC2)c(C(F)(F)F)c1. The van der Waals surface area contributed by atoms with E-state index in [9.17, 15) is 13.2 Å². The highest BCUT2D eigenvalue weighted by atomic mass is 19.4. The fraction of sp³-hybridized carbons (Fsp3) is 0.458. The predicted molar refractivity (Wildman–Crippen MR) is 138 cm³/mol. The van der Waals surface area contributed by atoms with E-state index in [-0.39, 0.29) is 23.4 Å². The van der Waals surface area contributed by atoms with E-state index < -0.39 is 11.7 Å². The molecule has 0 amide bonds. The monoisotopic (exact) mass is 546 g/mol. The number of alkyl halides is 3. The molecule has 0 radical (unpaired) electrons. The number of ether oxygens (including phenoxy) is 1. The zero-order valence-electron chi connectivity index (χ0n) is 21.6. The first-order valence-corrected chi connectivity index (χ1v) is 12.5. The topological polar surface area (TPSA) is 127 Å². The molecule has 1 aliphatic heterocycles. The van der Waals surface area contributed by atoms with Gasteiger partial charge in [0.25, 0.3) is 5.89 Å². The van der Waals surface area contributed by atoms with Crippen molar-refractivity contribution < 1.29 is 22.3 Å². The van der Waals surface area contributed by atoms with Gasteiger partial charge in [-0.1, -0.05) is 6.92 Å². The van der Waals surface area contributed by atoms with Crippen LogP contribution in [0.4, 0.5) is 30.8 Å². The number of likely N-dealkylation sites (N-methyl/N-ethyl adjacent to an activating group) is 1. The number of piperazine rings is 1. The lowest BCUT2D eigenvalue weighted by atomic mass is 10.2. The molecule has 2 N–H and O–H groups in total. The zero-order chi connectivity index (χ0) is 27.6. The Hall–Kier alpha value is -4.14. The lowest BCUT2D eigenvalue weighted by Gasteiger charge is -2.37. The van der Waals surface area contributed by atoms with Crippen LogP contribution in [0.3, 0.4) is 0 Å². The van der Waals surface area contributed by atoms with E-state index in [0.717, 1.165) is 6.07 Å². The molecule has 0 aromatic carbocycles. The van der Waals surface area contributed by atoms with Gasteiger partial charge in [0.15, 0.2) is 5.65 Å². The minimum atomic E-state index is -4.52. The summed E-state index contributed by atoms with van der Waals surface area (Å²) < 4.78 is 53.4. The van der Waals surface area contributed by atoms with Crippen LogP contribution in [-0.2, 0) is 6.18 Å². The van der Waals surface area contributed by atoms with Crippen molar-refractivity contribution in [2.75, 3.05) is 68.5 Å². The fourth-order valence-electron chi connectivity index (χ4n) is 4.31. The van der Waals surface area contributed by atoms with Gasteiger partial charge in [0.2, 0.25) is 11.8 Å². The number of anilines is 3. The summed E-state index contributed by atoms with van der Waals surface area (Å²) in [6.07, 6.45) is 0.479. The predicted octanol–water partition coefficient (Wildman–Crippen LogP) is 2.82. The van der Waals surface area contributed by atoms with Gasteiger partial charge in [-0.15, -0.1) is 5.10 Å². The number of pyridine rings is 1. The number of rotatable bonds is 9. The van der Waals surface area contributed by atoms with E-state index in [1.165, 1.54) is 23.2 Å². The normalized spacial score (nSPS) is 14.7. The molecule has 5 rings (SSSR count). The van der Waals surface area contributed by atoms with Gasteiger partial charge < -0.3 is 24.7 Å². The Morgan fingerprint density at radius 3 is 2.62 bits per heavy atom. The molecule has 4 aromatic rings. The van der Waals surface area contributed by atoms with Crippen molar-refractivity contribution in [1.82, 2.24) is 34.4 Å². The molecule has 39 heavy (non-hydrogen) atoms. The number of nitrogens with two attached hydrogens (primary N) is 1. The number of nitrogens with zero attached hydrogens (tertiary/aromatic N) is 9. The van der Waals surface area contributed by atoms with Gasteiger partial charge in [0.05, 0.1) is 19.0 Å². The molecule has 0 aliphatic carbocycles. The van der Waals surface area contributed by atoms with Crippen molar-refractivity contribution >= 4 is 23.2 Å². The second-order valence-corrected chi connectivity index (χ2v) is 9.15. The molecule has 5 heterocycles. The van der Waals surface area contributed by atoms with Gasteiger partial charge in [-0.25, -0.2) is 15.0 Å². The molecule has 15 heteroatoms. The van der Waals surface area contributed by atoms with E-state index in [2.05, 4.69) is 29.9 Å². The highest BCUT2D eigenvalue weighted by molar-refractivity contribution is 5.58. The molecular formula is C24H29F3N10O2. The van der Waals surface area contributed by atoms with Crippen LogP contribution < -0.4 is 20.3 Å². The van der Waals surface area contributed by atoms with Crippen LogP contribution in [0.2, 0.25) is 0 Å². The zero-order valence-corrected chi connectivity index (χ0v) is 21.6. The van der Waals surface area contributed by atoms with E-state index in [0.29, 0.717) is 69.6 Å². The third-order valence-electron chi connectivity index (χ3n) is 6.39. The van der Waals surface area contributed by atoms with Crippen molar-refractivity contribution in [3.8, 4) is 17.5 Å². The van der Waals surface area contributed by atoms with Gasteiger partial charge in [-0.2, -0.15) is 22.7 Å². The molecule has 0 atom stereocenters.